The molecule has 0 aliphatic carbocycles. The smallest absolute Gasteiger partial charge is 0.271 e. The molecule has 1 fully saturated rings. The van der Waals surface area contributed by atoms with E-state index in [9.17, 15) is 22.8 Å². The summed E-state index contributed by atoms with van der Waals surface area (Å²) in [5, 5.41) is 2.45. The molecule has 0 bridgehead atoms. The molecular weight excluding hydrogens is 529 g/mol. The number of aromatic nitrogens is 2. The van der Waals surface area contributed by atoms with Gasteiger partial charge in [-0.1, -0.05) is 29.8 Å². The Morgan fingerprint density at radius 2 is 1.74 bits per heavy atom. The molecule has 6 nitrogen and oxygen atoms in total. The molecule has 5 rings (SSSR count). The Labute approximate surface area is 227 Å². The van der Waals surface area contributed by atoms with Gasteiger partial charge in [0, 0.05) is 37.7 Å². The lowest BCUT2D eigenvalue weighted by molar-refractivity contribution is 0.0713. The monoisotopic (exact) mass is 552 g/mol. The van der Waals surface area contributed by atoms with Gasteiger partial charge in [0.25, 0.3) is 11.5 Å². The lowest BCUT2D eigenvalue weighted by Crippen LogP contribution is -2.39. The van der Waals surface area contributed by atoms with Crippen LogP contribution in [0.25, 0.3) is 0 Å². The molecule has 39 heavy (non-hydrogen) atoms. The molecule has 0 atom stereocenters. The van der Waals surface area contributed by atoms with Crippen LogP contribution < -0.4 is 10.9 Å². The van der Waals surface area contributed by atoms with E-state index in [-0.39, 0.29) is 46.1 Å². The molecule has 1 N–H and O–H groups in total. The Bertz CT molecular complexity index is 1550. The highest BCUT2D eigenvalue weighted by molar-refractivity contribution is 6.34. The van der Waals surface area contributed by atoms with Crippen LogP contribution in [0.3, 0.4) is 0 Å². The highest BCUT2D eigenvalue weighted by Crippen LogP contribution is 2.32. The zero-order valence-corrected chi connectivity index (χ0v) is 21.5. The fourth-order valence-electron chi connectivity index (χ4n) is 4.77. The van der Waals surface area contributed by atoms with Gasteiger partial charge in [0.2, 0.25) is 0 Å². The second kappa shape index (κ2) is 11.3. The molecule has 3 heterocycles. The van der Waals surface area contributed by atoms with E-state index in [1.165, 1.54) is 29.0 Å². The summed E-state index contributed by atoms with van der Waals surface area (Å²) in [5.74, 6) is -2.19. The predicted octanol–water partition coefficient (Wildman–Crippen LogP) is 6.13. The van der Waals surface area contributed by atoms with E-state index >= 15 is 0 Å². The van der Waals surface area contributed by atoms with Crippen LogP contribution in [0.15, 0.2) is 78.0 Å². The number of rotatable bonds is 6. The summed E-state index contributed by atoms with van der Waals surface area (Å²) in [6, 6.07) is 12.8. The standard InChI is InChI=1S/C29H24ClF3N4O2/c30-26-27(35-25-8-7-22(32)14-24(25)33)23(17-37(29(26)39)16-18-2-1-11-34-15-18)28(38)36-12-9-20(10-13-36)19-3-5-21(31)6-4-19/h1-8,11,14-15,17,20,35H,9-10,12-13,16H2. The van der Waals surface area contributed by atoms with Crippen molar-refractivity contribution in [3.05, 3.63) is 123 Å². The number of anilines is 2. The maximum Gasteiger partial charge on any atom is 0.271 e. The molecule has 1 aliphatic rings. The molecular formula is C29H24ClF3N4O2. The number of piperidine rings is 1. The van der Waals surface area contributed by atoms with Gasteiger partial charge in [0.15, 0.2) is 0 Å². The van der Waals surface area contributed by atoms with Crippen LogP contribution in [0.2, 0.25) is 5.02 Å². The summed E-state index contributed by atoms with van der Waals surface area (Å²) >= 11 is 6.49. The Hall–Kier alpha value is -4.11. The number of hydrogen-bond donors (Lipinski definition) is 1. The third kappa shape index (κ3) is 5.83. The molecule has 0 unspecified atom stereocenters. The number of benzene rings is 2. The fourth-order valence-corrected chi connectivity index (χ4v) is 5.02. The Morgan fingerprint density at radius 1 is 1.03 bits per heavy atom. The molecule has 1 aliphatic heterocycles. The third-order valence-corrected chi connectivity index (χ3v) is 7.19. The maximum atomic E-state index is 14.5. The Morgan fingerprint density at radius 3 is 2.41 bits per heavy atom. The van der Waals surface area contributed by atoms with Crippen LogP contribution in [-0.4, -0.2) is 33.4 Å². The lowest BCUT2D eigenvalue weighted by Gasteiger charge is -2.33. The maximum absolute atomic E-state index is 14.5. The largest absolute Gasteiger partial charge is 0.351 e. The molecule has 4 aromatic rings. The third-order valence-electron chi connectivity index (χ3n) is 6.84. The van der Waals surface area contributed by atoms with Gasteiger partial charge in [0.1, 0.15) is 22.5 Å². The van der Waals surface area contributed by atoms with Gasteiger partial charge in [-0.2, -0.15) is 0 Å². The summed E-state index contributed by atoms with van der Waals surface area (Å²) in [5.41, 5.74) is 1.03. The summed E-state index contributed by atoms with van der Waals surface area (Å²) in [6.45, 7) is 0.958. The average molecular weight is 553 g/mol. The number of carbonyl (C=O) groups is 1. The van der Waals surface area contributed by atoms with Gasteiger partial charge in [0.05, 0.1) is 23.5 Å². The highest BCUT2D eigenvalue weighted by atomic mass is 35.5. The van der Waals surface area contributed by atoms with Crippen molar-refractivity contribution in [3.8, 4) is 0 Å². The summed E-state index contributed by atoms with van der Waals surface area (Å²) in [6.07, 6.45) is 5.93. The summed E-state index contributed by atoms with van der Waals surface area (Å²) in [4.78, 5) is 32.7. The fraction of sp³-hybridized carbons (Fsp3) is 0.207. The molecule has 2 aromatic heterocycles. The molecule has 0 radical (unpaired) electrons. The number of nitrogens with zero attached hydrogens (tertiary/aromatic N) is 3. The first-order valence-electron chi connectivity index (χ1n) is 12.4. The molecule has 200 valence electrons. The van der Waals surface area contributed by atoms with Crippen LogP contribution in [0.1, 0.15) is 40.2 Å². The lowest BCUT2D eigenvalue weighted by atomic mass is 9.89. The van der Waals surface area contributed by atoms with Crippen molar-refractivity contribution in [2.24, 2.45) is 0 Å². The number of amides is 1. The molecule has 1 amide bonds. The van der Waals surface area contributed by atoms with Gasteiger partial charge in [-0.05, 0) is 60.2 Å². The topological polar surface area (TPSA) is 67.2 Å². The quantitative estimate of drug-likeness (QED) is 0.313. The molecule has 0 spiro atoms. The van der Waals surface area contributed by atoms with E-state index in [1.54, 1.807) is 41.6 Å². The minimum Gasteiger partial charge on any atom is -0.351 e. The van der Waals surface area contributed by atoms with E-state index < -0.39 is 17.2 Å². The van der Waals surface area contributed by atoms with E-state index in [1.807, 2.05) is 0 Å². The first kappa shape index (κ1) is 26.5. The van der Waals surface area contributed by atoms with Crippen molar-refractivity contribution in [3.63, 3.8) is 0 Å². The zero-order valence-electron chi connectivity index (χ0n) is 20.7. The van der Waals surface area contributed by atoms with Gasteiger partial charge in [-0.25, -0.2) is 13.2 Å². The summed E-state index contributed by atoms with van der Waals surface area (Å²) in [7, 11) is 0. The van der Waals surface area contributed by atoms with Gasteiger partial charge >= 0.3 is 0 Å². The Kier molecular flexibility index (Phi) is 7.70. The van der Waals surface area contributed by atoms with E-state index in [2.05, 4.69) is 10.3 Å². The van der Waals surface area contributed by atoms with Crippen LogP contribution >= 0.6 is 11.6 Å². The molecule has 0 saturated carbocycles. The van der Waals surface area contributed by atoms with Crippen molar-refractivity contribution in [2.75, 3.05) is 18.4 Å². The van der Waals surface area contributed by atoms with Gasteiger partial charge in [-0.15, -0.1) is 0 Å². The first-order chi connectivity index (χ1) is 18.8. The number of carbonyl (C=O) groups excluding carboxylic acids is 1. The van der Waals surface area contributed by atoms with Crippen LogP contribution in [0.4, 0.5) is 24.5 Å². The second-order valence-corrected chi connectivity index (χ2v) is 9.77. The van der Waals surface area contributed by atoms with Gasteiger partial charge in [-0.3, -0.25) is 14.6 Å². The number of pyridine rings is 2. The second-order valence-electron chi connectivity index (χ2n) is 9.39. The number of halogens is 4. The molecule has 2 aromatic carbocycles. The van der Waals surface area contributed by atoms with E-state index in [0.29, 0.717) is 32.0 Å². The predicted molar refractivity (Wildman–Crippen MR) is 143 cm³/mol. The highest BCUT2D eigenvalue weighted by Gasteiger charge is 2.28. The van der Waals surface area contributed by atoms with E-state index in [4.69, 9.17) is 11.6 Å². The van der Waals surface area contributed by atoms with E-state index in [0.717, 1.165) is 17.2 Å². The van der Waals surface area contributed by atoms with Gasteiger partial charge < -0.3 is 14.8 Å². The number of hydrogen-bond acceptors (Lipinski definition) is 4. The zero-order chi connectivity index (χ0) is 27.5. The van der Waals surface area contributed by atoms with Crippen molar-refractivity contribution >= 4 is 28.9 Å². The average Bonchev–Trinajstić information content (AvgIpc) is 2.94. The van der Waals surface area contributed by atoms with Crippen LogP contribution in [0.5, 0.6) is 0 Å². The minimum atomic E-state index is -0.899. The summed E-state index contributed by atoms with van der Waals surface area (Å²) < 4.78 is 42.6. The molecule has 1 saturated heterocycles. The Balaban J connectivity index is 1.47. The normalized spacial score (nSPS) is 13.9. The number of likely N-dealkylation sites (tertiary alicyclic amines) is 1. The van der Waals surface area contributed by atoms with Crippen molar-refractivity contribution in [1.29, 1.82) is 0 Å². The SMILES string of the molecule is O=C(c1cn(Cc2cccnc2)c(=O)c(Cl)c1Nc1ccc(F)cc1F)N1CCC(c2ccc(F)cc2)CC1. The molecule has 10 heteroatoms. The van der Waals surface area contributed by atoms with Crippen molar-refractivity contribution in [1.82, 2.24) is 14.5 Å². The van der Waals surface area contributed by atoms with Crippen LogP contribution in [-0.2, 0) is 6.54 Å². The van der Waals surface area contributed by atoms with Crippen LogP contribution in [0, 0.1) is 17.5 Å². The van der Waals surface area contributed by atoms with Crippen molar-refractivity contribution in [2.45, 2.75) is 25.3 Å². The van der Waals surface area contributed by atoms with Crippen molar-refractivity contribution < 1.29 is 18.0 Å². The minimum absolute atomic E-state index is 0.0553. The first-order valence-corrected chi connectivity index (χ1v) is 12.8. The number of nitrogens with one attached hydrogen (secondary N) is 1.